The van der Waals surface area contributed by atoms with Gasteiger partial charge in [-0.25, -0.2) is 13.1 Å². The van der Waals surface area contributed by atoms with Crippen LogP contribution in [0.25, 0.3) is 0 Å². The molecule has 1 fully saturated rings. The molecule has 2 aromatic rings. The fraction of sp³-hybridized carbons (Fsp3) is 0.312. The first-order valence-electron chi connectivity index (χ1n) is 7.66. The van der Waals surface area contributed by atoms with Crippen molar-refractivity contribution in [2.24, 2.45) is 5.92 Å². The molecular formula is C16H17N3O4S2. The Balaban J connectivity index is 1.62. The molecule has 2 amide bonds. The van der Waals surface area contributed by atoms with Gasteiger partial charge in [-0.1, -0.05) is 0 Å². The lowest BCUT2D eigenvalue weighted by Crippen LogP contribution is -2.31. The lowest BCUT2D eigenvalue weighted by molar-refractivity contribution is -0.121. The van der Waals surface area contributed by atoms with Gasteiger partial charge in [0.15, 0.2) is 0 Å². The van der Waals surface area contributed by atoms with Crippen LogP contribution in [0.3, 0.4) is 0 Å². The van der Waals surface area contributed by atoms with Gasteiger partial charge < -0.3 is 5.32 Å². The van der Waals surface area contributed by atoms with E-state index in [1.54, 1.807) is 18.5 Å². The molecule has 0 aromatic carbocycles. The summed E-state index contributed by atoms with van der Waals surface area (Å²) in [6, 6.07) is 6.72. The molecule has 2 N–H and O–H groups in total. The zero-order valence-electron chi connectivity index (χ0n) is 13.4. The molecule has 7 nitrogen and oxygen atoms in total. The highest BCUT2D eigenvalue weighted by Gasteiger charge is 2.45. The van der Waals surface area contributed by atoms with E-state index in [1.807, 2.05) is 12.1 Å². The predicted molar refractivity (Wildman–Crippen MR) is 92.3 cm³/mol. The summed E-state index contributed by atoms with van der Waals surface area (Å²) in [7, 11) is -3.89. The van der Waals surface area contributed by atoms with Gasteiger partial charge in [-0.15, -0.1) is 11.3 Å². The largest absolute Gasteiger partial charge is 0.351 e. The monoisotopic (exact) mass is 379 g/mol. The molecule has 1 aliphatic rings. The summed E-state index contributed by atoms with van der Waals surface area (Å²) >= 11 is 1.03. The molecule has 0 aliphatic heterocycles. The highest BCUT2D eigenvalue weighted by Crippen LogP contribution is 2.47. The maximum absolute atomic E-state index is 12.4. The van der Waals surface area contributed by atoms with Gasteiger partial charge in [0.05, 0.1) is 6.54 Å². The first kappa shape index (κ1) is 17.6. The van der Waals surface area contributed by atoms with Crippen molar-refractivity contribution in [1.82, 2.24) is 15.0 Å². The van der Waals surface area contributed by atoms with Crippen molar-refractivity contribution >= 4 is 33.2 Å². The van der Waals surface area contributed by atoms with E-state index in [1.165, 1.54) is 13.0 Å². The Bertz CT molecular complexity index is 893. The summed E-state index contributed by atoms with van der Waals surface area (Å²) in [5, 5.41) is 2.60. The second-order valence-corrected chi connectivity index (χ2v) is 8.91. The normalized spacial score (nSPS) is 19.2. The van der Waals surface area contributed by atoms with Gasteiger partial charge in [0.2, 0.25) is 11.8 Å². The molecule has 25 heavy (non-hydrogen) atoms. The van der Waals surface area contributed by atoms with E-state index in [4.69, 9.17) is 0 Å². The Labute approximate surface area is 149 Å². The Morgan fingerprint density at radius 2 is 1.96 bits per heavy atom. The fourth-order valence-electron chi connectivity index (χ4n) is 2.53. The van der Waals surface area contributed by atoms with Crippen LogP contribution in [0.15, 0.2) is 40.9 Å². The lowest BCUT2D eigenvalue weighted by atomic mass is 10.1. The van der Waals surface area contributed by atoms with Crippen molar-refractivity contribution in [3.8, 4) is 0 Å². The smallest absolute Gasteiger partial charge is 0.273 e. The van der Waals surface area contributed by atoms with Crippen LogP contribution < -0.4 is 10.0 Å². The number of hydrogen-bond donors (Lipinski definition) is 2. The standard InChI is InChI=1S/C16H17N3O4S2/c1-10(20)18-9-12-2-3-15(24-12)25(22,23)19-16(21)14-8-13(14)11-4-6-17-7-5-11/h2-7,13-14H,8-9H2,1H3,(H,18,20)(H,19,21)/t13-,14+/m1/s1. The predicted octanol–water partition coefficient (Wildman–Crippen LogP) is 1.39. The number of nitrogens with one attached hydrogen (secondary N) is 2. The quantitative estimate of drug-likeness (QED) is 0.789. The topological polar surface area (TPSA) is 105 Å². The highest BCUT2D eigenvalue weighted by atomic mass is 32.2. The van der Waals surface area contributed by atoms with Crippen molar-refractivity contribution in [3.05, 3.63) is 47.1 Å². The Morgan fingerprint density at radius 1 is 1.24 bits per heavy atom. The second kappa shape index (κ2) is 6.93. The Morgan fingerprint density at radius 3 is 2.64 bits per heavy atom. The van der Waals surface area contributed by atoms with Gasteiger partial charge in [-0.3, -0.25) is 14.6 Å². The average Bonchev–Trinajstić information content (AvgIpc) is 3.23. The van der Waals surface area contributed by atoms with Crippen LogP contribution in [0.5, 0.6) is 0 Å². The molecule has 0 radical (unpaired) electrons. The number of sulfonamides is 1. The minimum absolute atomic E-state index is 0.0388. The number of nitrogens with zero attached hydrogens (tertiary/aromatic N) is 1. The van der Waals surface area contributed by atoms with E-state index in [0.717, 1.165) is 16.9 Å². The molecule has 1 saturated carbocycles. The molecular weight excluding hydrogens is 362 g/mol. The number of hydrogen-bond acceptors (Lipinski definition) is 6. The van der Waals surface area contributed by atoms with Crippen molar-refractivity contribution in [1.29, 1.82) is 0 Å². The first-order valence-corrected chi connectivity index (χ1v) is 9.96. The van der Waals surface area contributed by atoms with Crippen LogP contribution in [-0.2, 0) is 26.2 Å². The molecule has 1 aliphatic carbocycles. The summed E-state index contributed by atoms with van der Waals surface area (Å²) in [6.07, 6.45) is 3.94. The van der Waals surface area contributed by atoms with Crippen LogP contribution in [0.4, 0.5) is 0 Å². The summed E-state index contributed by atoms with van der Waals surface area (Å²) < 4.78 is 26.9. The van der Waals surface area contributed by atoms with Gasteiger partial charge in [0, 0.05) is 30.1 Å². The Kier molecular flexibility index (Phi) is 4.87. The minimum Gasteiger partial charge on any atom is -0.351 e. The van der Waals surface area contributed by atoms with Gasteiger partial charge in [0.25, 0.3) is 10.0 Å². The maximum Gasteiger partial charge on any atom is 0.273 e. The second-order valence-electron chi connectivity index (χ2n) is 5.83. The van der Waals surface area contributed by atoms with E-state index in [0.29, 0.717) is 11.3 Å². The summed E-state index contributed by atoms with van der Waals surface area (Å²) in [6.45, 7) is 1.65. The van der Waals surface area contributed by atoms with Crippen molar-refractivity contribution in [2.45, 2.75) is 30.0 Å². The van der Waals surface area contributed by atoms with E-state index in [-0.39, 0.29) is 28.5 Å². The van der Waals surface area contributed by atoms with Gasteiger partial charge in [-0.2, -0.15) is 0 Å². The average molecular weight is 379 g/mol. The summed E-state index contributed by atoms with van der Waals surface area (Å²) in [4.78, 5) is 27.8. The molecule has 2 aromatic heterocycles. The zero-order chi connectivity index (χ0) is 18.0. The SMILES string of the molecule is CC(=O)NCc1ccc(S(=O)(=O)NC(=O)[C@H]2C[C@@H]2c2ccncc2)s1. The minimum atomic E-state index is -3.89. The number of rotatable bonds is 6. The highest BCUT2D eigenvalue weighted by molar-refractivity contribution is 7.92. The number of aromatic nitrogens is 1. The van der Waals surface area contributed by atoms with Crippen LogP contribution >= 0.6 is 11.3 Å². The molecule has 0 saturated heterocycles. The van der Waals surface area contributed by atoms with Crippen molar-refractivity contribution < 1.29 is 18.0 Å². The van der Waals surface area contributed by atoms with E-state index < -0.39 is 15.9 Å². The molecule has 9 heteroatoms. The number of amides is 2. The molecule has 3 rings (SSSR count). The van der Waals surface area contributed by atoms with E-state index >= 15 is 0 Å². The molecule has 0 spiro atoms. The fourth-order valence-corrected chi connectivity index (χ4v) is 4.86. The Hall–Kier alpha value is -2.26. The molecule has 2 atom stereocenters. The third-order valence-corrected chi connectivity index (χ3v) is 6.83. The zero-order valence-corrected chi connectivity index (χ0v) is 15.1. The molecule has 0 bridgehead atoms. The number of thiophene rings is 1. The van der Waals surface area contributed by atoms with Gasteiger partial charge in [-0.05, 0) is 42.2 Å². The lowest BCUT2D eigenvalue weighted by Gasteiger charge is -2.05. The third kappa shape index (κ3) is 4.23. The number of pyridine rings is 1. The molecule has 2 heterocycles. The number of carbonyl (C=O) groups excluding carboxylic acids is 2. The van der Waals surface area contributed by atoms with Crippen LogP contribution in [-0.4, -0.2) is 25.2 Å². The van der Waals surface area contributed by atoms with E-state index in [2.05, 4.69) is 15.0 Å². The van der Waals surface area contributed by atoms with Crippen LogP contribution in [0, 0.1) is 5.92 Å². The van der Waals surface area contributed by atoms with Crippen LogP contribution in [0.2, 0.25) is 0 Å². The van der Waals surface area contributed by atoms with Gasteiger partial charge >= 0.3 is 0 Å². The van der Waals surface area contributed by atoms with E-state index in [9.17, 15) is 18.0 Å². The van der Waals surface area contributed by atoms with Crippen molar-refractivity contribution in [2.75, 3.05) is 0 Å². The van der Waals surface area contributed by atoms with Crippen LogP contribution in [0.1, 0.15) is 29.7 Å². The third-order valence-electron chi connectivity index (χ3n) is 3.91. The summed E-state index contributed by atoms with van der Waals surface area (Å²) in [5.74, 6) is -0.978. The van der Waals surface area contributed by atoms with Crippen molar-refractivity contribution in [3.63, 3.8) is 0 Å². The summed E-state index contributed by atoms with van der Waals surface area (Å²) in [5.41, 5.74) is 0.987. The first-order chi connectivity index (χ1) is 11.9. The number of carbonyl (C=O) groups is 2. The maximum atomic E-state index is 12.4. The molecule has 132 valence electrons. The molecule has 0 unspecified atom stereocenters. The van der Waals surface area contributed by atoms with Gasteiger partial charge in [0.1, 0.15) is 4.21 Å².